The van der Waals surface area contributed by atoms with Crippen molar-refractivity contribution < 1.29 is 9.47 Å². The third-order valence-corrected chi connectivity index (χ3v) is 4.46. The molecule has 0 radical (unpaired) electrons. The van der Waals surface area contributed by atoms with Gasteiger partial charge in [0.2, 0.25) is 0 Å². The van der Waals surface area contributed by atoms with Crippen molar-refractivity contribution in [2.75, 3.05) is 33.0 Å². The van der Waals surface area contributed by atoms with Crippen molar-refractivity contribution in [2.24, 2.45) is 16.6 Å². The van der Waals surface area contributed by atoms with Crippen molar-refractivity contribution in [2.45, 2.75) is 25.8 Å². The number of ether oxygens (including phenoxy) is 2. The minimum absolute atomic E-state index is 0.0443. The molecule has 1 aliphatic rings. The minimum atomic E-state index is -0.0443. The van der Waals surface area contributed by atoms with Crippen LogP contribution in [-0.2, 0) is 9.47 Å². The minimum Gasteiger partial charge on any atom is -0.381 e. The quantitative estimate of drug-likeness (QED) is 0.416. The number of guanidine groups is 1. The van der Waals surface area contributed by atoms with Crippen molar-refractivity contribution >= 4 is 29.2 Å². The molecule has 3 N–H and O–H groups in total. The molecule has 2 atom stereocenters. The van der Waals surface area contributed by atoms with E-state index in [1.807, 2.05) is 13.0 Å². The summed E-state index contributed by atoms with van der Waals surface area (Å²) in [6.45, 7) is 5.73. The Kier molecular flexibility index (Phi) is 8.12. The van der Waals surface area contributed by atoms with E-state index in [0.29, 0.717) is 35.1 Å². The summed E-state index contributed by atoms with van der Waals surface area (Å²) in [6.07, 6.45) is 1.94. The summed E-state index contributed by atoms with van der Waals surface area (Å²) in [5.74, 6) is 0.947. The molecule has 1 heterocycles. The number of hydrogen-bond acceptors (Lipinski definition) is 3. The molecule has 2 unspecified atom stereocenters. The highest BCUT2D eigenvalue weighted by molar-refractivity contribution is 6.35. The van der Waals surface area contributed by atoms with Gasteiger partial charge in [-0.05, 0) is 37.5 Å². The van der Waals surface area contributed by atoms with Gasteiger partial charge in [-0.25, -0.2) is 0 Å². The lowest BCUT2D eigenvalue weighted by Gasteiger charge is -2.16. The molecular formula is C17H25Cl2N3O2. The van der Waals surface area contributed by atoms with E-state index >= 15 is 0 Å². The van der Waals surface area contributed by atoms with Crippen LogP contribution in [0.1, 0.15) is 31.4 Å². The molecule has 24 heavy (non-hydrogen) atoms. The summed E-state index contributed by atoms with van der Waals surface area (Å²) in [7, 11) is 0. The molecule has 0 aromatic heterocycles. The van der Waals surface area contributed by atoms with Crippen LogP contribution in [0.3, 0.4) is 0 Å². The molecule has 0 saturated carbocycles. The van der Waals surface area contributed by atoms with E-state index in [2.05, 4.69) is 10.3 Å². The number of aliphatic imine (C=N–C) groups is 1. The zero-order valence-corrected chi connectivity index (χ0v) is 15.4. The number of nitrogens with one attached hydrogen (secondary N) is 1. The van der Waals surface area contributed by atoms with Crippen molar-refractivity contribution in [1.82, 2.24) is 5.32 Å². The number of nitrogens with two attached hydrogens (primary N) is 1. The second-order valence-electron chi connectivity index (χ2n) is 5.96. The first-order chi connectivity index (χ1) is 11.6. The Bertz CT molecular complexity index is 549. The molecule has 0 amide bonds. The van der Waals surface area contributed by atoms with Crippen molar-refractivity contribution in [3.63, 3.8) is 0 Å². The van der Waals surface area contributed by atoms with Gasteiger partial charge in [-0.15, -0.1) is 0 Å². The van der Waals surface area contributed by atoms with Crippen LogP contribution in [0, 0.1) is 5.92 Å². The molecule has 1 aromatic rings. The van der Waals surface area contributed by atoms with Gasteiger partial charge in [-0.1, -0.05) is 29.3 Å². The molecular weight excluding hydrogens is 349 g/mol. The van der Waals surface area contributed by atoms with E-state index in [0.717, 1.165) is 38.2 Å². The number of rotatable bonds is 8. The van der Waals surface area contributed by atoms with Crippen molar-refractivity contribution in [3.05, 3.63) is 33.8 Å². The third-order valence-electron chi connectivity index (χ3n) is 3.90. The smallest absolute Gasteiger partial charge is 0.189 e. The Morgan fingerprint density at radius 3 is 3.04 bits per heavy atom. The molecule has 0 aliphatic carbocycles. The fraction of sp³-hybridized carbons (Fsp3) is 0.588. The van der Waals surface area contributed by atoms with Crippen LogP contribution in [0.4, 0.5) is 0 Å². The third kappa shape index (κ3) is 6.48. The van der Waals surface area contributed by atoms with E-state index in [1.54, 1.807) is 12.1 Å². The molecule has 7 heteroatoms. The molecule has 0 spiro atoms. The molecule has 5 nitrogen and oxygen atoms in total. The van der Waals surface area contributed by atoms with Crippen molar-refractivity contribution in [1.29, 1.82) is 0 Å². The van der Waals surface area contributed by atoms with Gasteiger partial charge in [0, 0.05) is 35.7 Å². The Labute approximate surface area is 153 Å². The highest BCUT2D eigenvalue weighted by atomic mass is 35.5. The highest BCUT2D eigenvalue weighted by Crippen LogP contribution is 2.25. The lowest BCUT2D eigenvalue weighted by Crippen LogP contribution is -2.34. The predicted molar refractivity (Wildman–Crippen MR) is 98.9 cm³/mol. The standard InChI is InChI=1S/C17H25Cl2N3O2/c1-12(15-4-3-14(18)9-16(15)19)22-17(20)21-6-2-7-23-10-13-5-8-24-11-13/h3-4,9,12-13H,2,5-8,10-11H2,1H3,(H3,20,21,22). The topological polar surface area (TPSA) is 68.9 Å². The first kappa shape index (κ1) is 19.3. The molecule has 0 bridgehead atoms. The Morgan fingerprint density at radius 2 is 2.33 bits per heavy atom. The monoisotopic (exact) mass is 373 g/mol. The van der Waals surface area contributed by atoms with Crippen LogP contribution in [0.25, 0.3) is 0 Å². The summed E-state index contributed by atoms with van der Waals surface area (Å²) < 4.78 is 10.9. The Balaban J connectivity index is 1.65. The molecule has 1 saturated heterocycles. The second kappa shape index (κ2) is 10.1. The van der Waals surface area contributed by atoms with E-state index in [-0.39, 0.29) is 6.04 Å². The van der Waals surface area contributed by atoms with Gasteiger partial charge < -0.3 is 20.5 Å². The average Bonchev–Trinajstić information content (AvgIpc) is 3.03. The van der Waals surface area contributed by atoms with Gasteiger partial charge >= 0.3 is 0 Å². The maximum Gasteiger partial charge on any atom is 0.189 e. The number of hydrogen-bond donors (Lipinski definition) is 2. The second-order valence-corrected chi connectivity index (χ2v) is 6.80. The predicted octanol–water partition coefficient (Wildman–Crippen LogP) is 3.40. The van der Waals surface area contributed by atoms with Crippen LogP contribution >= 0.6 is 23.2 Å². The van der Waals surface area contributed by atoms with Gasteiger partial charge in [0.1, 0.15) is 0 Å². The van der Waals surface area contributed by atoms with E-state index in [1.165, 1.54) is 0 Å². The lowest BCUT2D eigenvalue weighted by molar-refractivity contribution is 0.0893. The molecule has 1 aromatic carbocycles. The van der Waals surface area contributed by atoms with Crippen molar-refractivity contribution in [3.8, 4) is 0 Å². The van der Waals surface area contributed by atoms with Crippen LogP contribution < -0.4 is 11.1 Å². The fourth-order valence-corrected chi connectivity index (χ4v) is 3.10. The Morgan fingerprint density at radius 1 is 1.50 bits per heavy atom. The van der Waals surface area contributed by atoms with E-state index < -0.39 is 0 Å². The number of nitrogens with zero attached hydrogens (tertiary/aromatic N) is 1. The molecule has 1 fully saturated rings. The SMILES string of the molecule is CC(NC(N)=NCCCOCC1CCOC1)c1ccc(Cl)cc1Cl. The summed E-state index contributed by atoms with van der Waals surface area (Å²) in [4.78, 5) is 4.32. The summed E-state index contributed by atoms with van der Waals surface area (Å²) in [5.41, 5.74) is 6.85. The van der Waals surface area contributed by atoms with Crippen LogP contribution in [0.15, 0.2) is 23.2 Å². The normalized spacial score (nSPS) is 19.5. The first-order valence-corrected chi connectivity index (χ1v) is 8.98. The maximum atomic E-state index is 6.19. The zero-order chi connectivity index (χ0) is 17.4. The van der Waals surface area contributed by atoms with Gasteiger partial charge in [-0.3, -0.25) is 4.99 Å². The highest BCUT2D eigenvalue weighted by Gasteiger charge is 2.15. The van der Waals surface area contributed by atoms with E-state index in [4.69, 9.17) is 38.4 Å². The molecule has 1 aliphatic heterocycles. The Hall–Kier alpha value is -1.01. The number of benzene rings is 1. The largest absolute Gasteiger partial charge is 0.381 e. The van der Waals surface area contributed by atoms with Crippen LogP contribution in [-0.4, -0.2) is 38.9 Å². The van der Waals surface area contributed by atoms with Crippen LogP contribution in [0.2, 0.25) is 10.0 Å². The summed E-state index contributed by atoms with van der Waals surface area (Å²) >= 11 is 12.1. The summed E-state index contributed by atoms with van der Waals surface area (Å²) in [5, 5.41) is 4.36. The van der Waals surface area contributed by atoms with Gasteiger partial charge in [0.05, 0.1) is 19.3 Å². The summed E-state index contributed by atoms with van der Waals surface area (Å²) in [6, 6.07) is 5.37. The van der Waals surface area contributed by atoms with Crippen LogP contribution in [0.5, 0.6) is 0 Å². The average molecular weight is 374 g/mol. The fourth-order valence-electron chi connectivity index (χ4n) is 2.53. The van der Waals surface area contributed by atoms with Gasteiger partial charge in [0.15, 0.2) is 5.96 Å². The first-order valence-electron chi connectivity index (χ1n) is 8.23. The molecule has 134 valence electrons. The van der Waals surface area contributed by atoms with Gasteiger partial charge in [-0.2, -0.15) is 0 Å². The van der Waals surface area contributed by atoms with E-state index in [9.17, 15) is 0 Å². The molecule has 2 rings (SSSR count). The number of halogens is 2. The zero-order valence-electron chi connectivity index (χ0n) is 13.9. The van der Waals surface area contributed by atoms with Gasteiger partial charge in [0.25, 0.3) is 0 Å². The maximum absolute atomic E-state index is 6.19. The lowest BCUT2D eigenvalue weighted by atomic mass is 10.1.